The molecule has 0 aliphatic rings. The van der Waals surface area contributed by atoms with Crippen molar-refractivity contribution in [3.8, 4) is 0 Å². The molecule has 0 unspecified atom stereocenters. The van der Waals surface area contributed by atoms with Crippen LogP contribution in [-0.2, 0) is 0 Å². The standard InChI is InChI=1S/C16H12N6O10/c23-15(9-3-11(19(25)26)7-12(4-9)20(27)28)17-1-2-18-16(24)10-5-13(21(29)30)8-14(6-10)22(31)32/h3-8H,1-2H2,(H,17,23)(H,18,24). The predicted octanol–water partition coefficient (Wildman–Crippen LogP) is 1.48. The fourth-order valence-electron chi connectivity index (χ4n) is 2.43. The largest absolute Gasteiger partial charge is 0.350 e. The average Bonchev–Trinajstić information content (AvgIpc) is 2.75. The molecule has 16 nitrogen and oxygen atoms in total. The highest BCUT2D eigenvalue weighted by Gasteiger charge is 2.21. The van der Waals surface area contributed by atoms with Crippen LogP contribution in [0.3, 0.4) is 0 Å². The van der Waals surface area contributed by atoms with E-state index >= 15 is 0 Å². The van der Waals surface area contributed by atoms with Crippen molar-refractivity contribution in [1.82, 2.24) is 10.6 Å². The van der Waals surface area contributed by atoms with Crippen molar-refractivity contribution in [3.63, 3.8) is 0 Å². The summed E-state index contributed by atoms with van der Waals surface area (Å²) in [4.78, 5) is 64.1. The minimum absolute atomic E-state index is 0.224. The quantitative estimate of drug-likeness (QED) is 0.318. The number of nitrogens with zero attached hydrogens (tertiary/aromatic N) is 4. The van der Waals surface area contributed by atoms with Gasteiger partial charge >= 0.3 is 0 Å². The third-order valence-corrected chi connectivity index (χ3v) is 3.87. The highest BCUT2D eigenvalue weighted by atomic mass is 16.6. The molecule has 0 fully saturated rings. The fourth-order valence-corrected chi connectivity index (χ4v) is 2.43. The first-order chi connectivity index (χ1) is 15.0. The van der Waals surface area contributed by atoms with Crippen LogP contribution in [0.2, 0.25) is 0 Å². The summed E-state index contributed by atoms with van der Waals surface area (Å²) in [6.07, 6.45) is 0. The Morgan fingerprint density at radius 3 is 1.03 bits per heavy atom. The number of hydrogen-bond acceptors (Lipinski definition) is 10. The van der Waals surface area contributed by atoms with E-state index in [1.807, 2.05) is 0 Å². The Hall–Kier alpha value is -5.02. The van der Waals surface area contributed by atoms with E-state index in [-0.39, 0.29) is 24.2 Å². The predicted molar refractivity (Wildman–Crippen MR) is 104 cm³/mol. The van der Waals surface area contributed by atoms with Crippen LogP contribution < -0.4 is 10.6 Å². The van der Waals surface area contributed by atoms with Gasteiger partial charge in [0.2, 0.25) is 0 Å². The van der Waals surface area contributed by atoms with Crippen LogP contribution in [0.5, 0.6) is 0 Å². The Bertz CT molecular complexity index is 994. The summed E-state index contributed by atoms with van der Waals surface area (Å²) >= 11 is 0. The summed E-state index contributed by atoms with van der Waals surface area (Å²) in [6, 6.07) is 4.73. The van der Waals surface area contributed by atoms with Crippen molar-refractivity contribution in [2.45, 2.75) is 0 Å². The molecular formula is C16H12N6O10. The van der Waals surface area contributed by atoms with E-state index in [0.29, 0.717) is 12.1 Å². The van der Waals surface area contributed by atoms with E-state index in [4.69, 9.17) is 0 Å². The number of carbonyl (C=O) groups is 2. The van der Waals surface area contributed by atoms with Crippen LogP contribution in [0.4, 0.5) is 22.7 Å². The lowest BCUT2D eigenvalue weighted by Gasteiger charge is -2.07. The normalized spacial score (nSPS) is 10.1. The third kappa shape index (κ3) is 5.75. The first-order valence-corrected chi connectivity index (χ1v) is 8.43. The Kier molecular flexibility index (Phi) is 7.02. The van der Waals surface area contributed by atoms with Crippen molar-refractivity contribution in [3.05, 3.63) is 88.0 Å². The molecule has 0 aromatic heterocycles. The molecule has 0 radical (unpaired) electrons. The lowest BCUT2D eigenvalue weighted by atomic mass is 10.1. The van der Waals surface area contributed by atoms with Crippen molar-refractivity contribution < 1.29 is 29.3 Å². The van der Waals surface area contributed by atoms with Crippen molar-refractivity contribution in [2.75, 3.05) is 13.1 Å². The van der Waals surface area contributed by atoms with Gasteiger partial charge in [-0.25, -0.2) is 0 Å². The Labute approximate surface area is 176 Å². The first-order valence-electron chi connectivity index (χ1n) is 8.43. The lowest BCUT2D eigenvalue weighted by Crippen LogP contribution is -2.34. The van der Waals surface area contributed by atoms with Crippen LogP contribution in [0, 0.1) is 40.5 Å². The summed E-state index contributed by atoms with van der Waals surface area (Å²) < 4.78 is 0. The maximum atomic E-state index is 12.1. The van der Waals surface area contributed by atoms with Gasteiger partial charge in [0.05, 0.1) is 43.0 Å². The summed E-state index contributed by atoms with van der Waals surface area (Å²) in [5.41, 5.74) is -3.36. The van der Waals surface area contributed by atoms with E-state index in [2.05, 4.69) is 10.6 Å². The van der Waals surface area contributed by atoms with Crippen LogP contribution >= 0.6 is 0 Å². The van der Waals surface area contributed by atoms with E-state index in [1.54, 1.807) is 0 Å². The second kappa shape index (κ2) is 9.65. The summed E-state index contributed by atoms with van der Waals surface area (Å²) in [5.74, 6) is -1.78. The molecule has 2 amide bonds. The van der Waals surface area contributed by atoms with Crippen LogP contribution in [-0.4, -0.2) is 44.6 Å². The van der Waals surface area contributed by atoms with Crippen molar-refractivity contribution in [2.24, 2.45) is 0 Å². The van der Waals surface area contributed by atoms with E-state index in [0.717, 1.165) is 24.3 Å². The molecule has 0 saturated heterocycles. The molecule has 16 heteroatoms. The molecule has 0 bridgehead atoms. The SMILES string of the molecule is O=C(NCCNC(=O)c1cc([N+](=O)[O-])cc([N+](=O)[O-])c1)c1cc([N+](=O)[O-])cc([N+](=O)[O-])c1. The molecule has 0 spiro atoms. The Balaban J connectivity index is 2.03. The van der Waals surface area contributed by atoms with Gasteiger partial charge in [-0.3, -0.25) is 50.0 Å². The zero-order chi connectivity index (χ0) is 24.0. The van der Waals surface area contributed by atoms with E-state index in [9.17, 15) is 50.0 Å². The van der Waals surface area contributed by atoms with Gasteiger partial charge in [-0.05, 0) is 0 Å². The summed E-state index contributed by atoms with van der Waals surface area (Å²) in [5, 5.41) is 48.1. The van der Waals surface area contributed by atoms with Crippen molar-refractivity contribution >= 4 is 34.6 Å². The van der Waals surface area contributed by atoms with Gasteiger partial charge in [-0.1, -0.05) is 0 Å². The van der Waals surface area contributed by atoms with E-state index < -0.39 is 54.3 Å². The van der Waals surface area contributed by atoms with Gasteiger partial charge < -0.3 is 10.6 Å². The minimum atomic E-state index is -0.901. The molecule has 32 heavy (non-hydrogen) atoms. The molecule has 0 aliphatic heterocycles. The summed E-state index contributed by atoms with van der Waals surface area (Å²) in [6.45, 7) is -0.448. The highest BCUT2D eigenvalue weighted by molar-refractivity contribution is 5.96. The van der Waals surface area contributed by atoms with Crippen LogP contribution in [0.1, 0.15) is 20.7 Å². The molecule has 2 aromatic rings. The van der Waals surface area contributed by atoms with Gasteiger partial charge in [0.25, 0.3) is 34.6 Å². The number of nitrogens with one attached hydrogen (secondary N) is 2. The van der Waals surface area contributed by atoms with Gasteiger partial charge in [0.15, 0.2) is 0 Å². The molecular weight excluding hydrogens is 436 g/mol. The summed E-state index contributed by atoms with van der Waals surface area (Å²) in [7, 11) is 0. The van der Waals surface area contributed by atoms with Gasteiger partial charge in [0.1, 0.15) is 0 Å². The number of non-ortho nitro benzene ring substituents is 4. The number of benzene rings is 2. The second-order valence-electron chi connectivity index (χ2n) is 6.02. The molecule has 0 saturated carbocycles. The van der Waals surface area contributed by atoms with E-state index in [1.165, 1.54) is 0 Å². The molecule has 2 N–H and O–H groups in total. The molecule has 166 valence electrons. The smallest absolute Gasteiger partial charge is 0.277 e. The van der Waals surface area contributed by atoms with Gasteiger partial charge in [0, 0.05) is 37.4 Å². The number of carbonyl (C=O) groups excluding carboxylic acids is 2. The Morgan fingerprint density at radius 2 is 0.812 bits per heavy atom. The maximum Gasteiger partial charge on any atom is 0.277 e. The van der Waals surface area contributed by atoms with Gasteiger partial charge in [-0.15, -0.1) is 0 Å². The number of hydrogen-bond donors (Lipinski definition) is 2. The highest BCUT2D eigenvalue weighted by Crippen LogP contribution is 2.23. The van der Waals surface area contributed by atoms with Crippen LogP contribution in [0.25, 0.3) is 0 Å². The third-order valence-electron chi connectivity index (χ3n) is 3.87. The molecule has 0 aliphatic carbocycles. The minimum Gasteiger partial charge on any atom is -0.350 e. The first kappa shape index (κ1) is 23.3. The average molecular weight is 448 g/mol. The number of rotatable bonds is 9. The number of nitro benzene ring substituents is 4. The Morgan fingerprint density at radius 1 is 0.562 bits per heavy atom. The fraction of sp³-hybridized carbons (Fsp3) is 0.125. The second-order valence-corrected chi connectivity index (χ2v) is 6.02. The van der Waals surface area contributed by atoms with Gasteiger partial charge in [-0.2, -0.15) is 0 Å². The molecule has 0 atom stereocenters. The topological polar surface area (TPSA) is 231 Å². The molecule has 0 heterocycles. The zero-order valence-electron chi connectivity index (χ0n) is 15.7. The van der Waals surface area contributed by atoms with Crippen LogP contribution in [0.15, 0.2) is 36.4 Å². The monoisotopic (exact) mass is 448 g/mol. The number of nitro groups is 4. The lowest BCUT2D eigenvalue weighted by molar-refractivity contribution is -0.394. The molecule has 2 rings (SSSR count). The number of amides is 2. The molecule has 2 aromatic carbocycles. The zero-order valence-corrected chi connectivity index (χ0v) is 15.7. The maximum absolute atomic E-state index is 12.1. The van der Waals surface area contributed by atoms with Crippen molar-refractivity contribution in [1.29, 1.82) is 0 Å².